The molecule has 0 spiro atoms. The zero-order valence-electron chi connectivity index (χ0n) is 21.3. The van der Waals surface area contributed by atoms with Crippen molar-refractivity contribution in [3.05, 3.63) is 47.5 Å². The van der Waals surface area contributed by atoms with Crippen LogP contribution in [-0.4, -0.2) is 79.3 Å². The predicted octanol–water partition coefficient (Wildman–Crippen LogP) is 4.68. The third-order valence-corrected chi connectivity index (χ3v) is 6.55. The van der Waals surface area contributed by atoms with Gasteiger partial charge in [-0.3, -0.25) is 0 Å². The zero-order chi connectivity index (χ0) is 26.4. The van der Waals surface area contributed by atoms with Crippen molar-refractivity contribution < 1.29 is 18.7 Å². The first-order valence-corrected chi connectivity index (χ1v) is 12.6. The lowest BCUT2D eigenvalue weighted by molar-refractivity contribution is 0.0975. The highest BCUT2D eigenvalue weighted by Gasteiger charge is 2.22. The number of likely N-dealkylation sites (tertiary alicyclic amines) is 1. The van der Waals surface area contributed by atoms with Crippen molar-refractivity contribution in [3.63, 3.8) is 0 Å². The SMILES string of the molecule is COc1cc2ncnc(Nc3ccc(F)c(Cl)c3)c2cc1OC1CCN(CCCNC(=O)N(C)C)CC1. The van der Waals surface area contributed by atoms with Crippen LogP contribution in [0.15, 0.2) is 36.7 Å². The smallest absolute Gasteiger partial charge is 0.316 e. The van der Waals surface area contributed by atoms with E-state index in [2.05, 4.69) is 25.5 Å². The number of nitrogens with zero attached hydrogens (tertiary/aromatic N) is 4. The number of aromatic nitrogens is 2. The summed E-state index contributed by atoms with van der Waals surface area (Å²) in [4.78, 5) is 24.3. The Morgan fingerprint density at radius 2 is 1.97 bits per heavy atom. The number of methoxy groups -OCH3 is 1. The molecule has 198 valence electrons. The Bertz CT molecular complexity index is 1240. The normalized spacial score (nSPS) is 14.4. The van der Waals surface area contributed by atoms with E-state index in [-0.39, 0.29) is 17.2 Å². The van der Waals surface area contributed by atoms with Crippen LogP contribution in [0.2, 0.25) is 5.02 Å². The van der Waals surface area contributed by atoms with E-state index >= 15 is 0 Å². The van der Waals surface area contributed by atoms with Gasteiger partial charge in [-0.15, -0.1) is 0 Å². The van der Waals surface area contributed by atoms with Gasteiger partial charge in [0.05, 0.1) is 17.6 Å². The molecule has 0 aliphatic carbocycles. The van der Waals surface area contributed by atoms with Crippen molar-refractivity contribution in [1.82, 2.24) is 25.1 Å². The third kappa shape index (κ3) is 6.90. The van der Waals surface area contributed by atoms with Crippen molar-refractivity contribution in [2.24, 2.45) is 0 Å². The second-order valence-electron chi connectivity index (χ2n) is 9.14. The fraction of sp³-hybridized carbons (Fsp3) is 0.423. The molecule has 2 amide bonds. The number of carbonyl (C=O) groups excluding carboxylic acids is 1. The Kier molecular flexibility index (Phi) is 8.83. The van der Waals surface area contributed by atoms with Crippen LogP contribution in [0.5, 0.6) is 11.5 Å². The van der Waals surface area contributed by atoms with E-state index in [1.165, 1.54) is 23.4 Å². The average Bonchev–Trinajstić information content (AvgIpc) is 2.89. The minimum Gasteiger partial charge on any atom is -0.493 e. The molecule has 1 aliphatic rings. The van der Waals surface area contributed by atoms with Crippen molar-refractivity contribution in [1.29, 1.82) is 0 Å². The van der Waals surface area contributed by atoms with Gasteiger partial charge in [0.1, 0.15) is 24.1 Å². The Balaban J connectivity index is 1.40. The van der Waals surface area contributed by atoms with E-state index in [0.717, 1.165) is 44.3 Å². The highest BCUT2D eigenvalue weighted by atomic mass is 35.5. The van der Waals surface area contributed by atoms with Crippen LogP contribution in [0.25, 0.3) is 10.9 Å². The maximum Gasteiger partial charge on any atom is 0.316 e. The average molecular weight is 531 g/mol. The molecule has 2 heterocycles. The summed E-state index contributed by atoms with van der Waals surface area (Å²) in [6.07, 6.45) is 4.18. The molecule has 2 aromatic carbocycles. The fourth-order valence-electron chi connectivity index (χ4n) is 4.21. The second-order valence-corrected chi connectivity index (χ2v) is 9.54. The monoisotopic (exact) mass is 530 g/mol. The summed E-state index contributed by atoms with van der Waals surface area (Å²) in [7, 11) is 5.07. The lowest BCUT2D eigenvalue weighted by Crippen LogP contribution is -2.40. The van der Waals surface area contributed by atoms with Crippen LogP contribution in [0.4, 0.5) is 20.7 Å². The predicted molar refractivity (Wildman–Crippen MR) is 143 cm³/mol. The van der Waals surface area contributed by atoms with E-state index in [0.29, 0.717) is 35.1 Å². The maximum absolute atomic E-state index is 13.6. The molecule has 11 heteroatoms. The van der Waals surface area contributed by atoms with Crippen LogP contribution in [0.3, 0.4) is 0 Å². The van der Waals surface area contributed by atoms with Crippen LogP contribution < -0.4 is 20.1 Å². The summed E-state index contributed by atoms with van der Waals surface area (Å²) in [6.45, 7) is 3.43. The molecule has 0 radical (unpaired) electrons. The molecule has 37 heavy (non-hydrogen) atoms. The molecule has 0 saturated carbocycles. The number of halogens is 2. The van der Waals surface area contributed by atoms with E-state index in [1.54, 1.807) is 27.3 Å². The Morgan fingerprint density at radius 3 is 2.68 bits per heavy atom. The van der Waals surface area contributed by atoms with Gasteiger partial charge in [-0.2, -0.15) is 0 Å². The van der Waals surface area contributed by atoms with E-state index in [1.807, 2.05) is 12.1 Å². The molecule has 3 aromatic rings. The number of anilines is 2. The number of fused-ring (bicyclic) bond motifs is 1. The van der Waals surface area contributed by atoms with Crippen molar-refractivity contribution in [3.8, 4) is 11.5 Å². The van der Waals surface area contributed by atoms with Gasteiger partial charge in [0.2, 0.25) is 0 Å². The number of hydrogen-bond acceptors (Lipinski definition) is 7. The minimum atomic E-state index is -0.484. The molecular weight excluding hydrogens is 499 g/mol. The first-order chi connectivity index (χ1) is 17.8. The van der Waals surface area contributed by atoms with Gasteiger partial charge in [0.15, 0.2) is 11.5 Å². The molecule has 9 nitrogen and oxygen atoms in total. The number of nitrogens with one attached hydrogen (secondary N) is 2. The number of piperidine rings is 1. The van der Waals surface area contributed by atoms with Crippen LogP contribution in [0, 0.1) is 5.82 Å². The fourth-order valence-corrected chi connectivity index (χ4v) is 4.39. The molecule has 1 aromatic heterocycles. The number of urea groups is 1. The first kappa shape index (κ1) is 26.7. The number of ether oxygens (including phenoxy) is 2. The number of hydrogen-bond donors (Lipinski definition) is 2. The largest absolute Gasteiger partial charge is 0.493 e. The van der Waals surface area contributed by atoms with Gasteiger partial charge in [0.25, 0.3) is 0 Å². The molecule has 1 fully saturated rings. The third-order valence-electron chi connectivity index (χ3n) is 6.26. The second kappa shape index (κ2) is 12.2. The quantitative estimate of drug-likeness (QED) is 0.388. The van der Waals surface area contributed by atoms with Gasteiger partial charge in [-0.1, -0.05) is 11.6 Å². The number of rotatable bonds is 9. The maximum atomic E-state index is 13.6. The molecule has 4 rings (SSSR count). The van der Waals surface area contributed by atoms with Crippen molar-refractivity contribution in [2.75, 3.05) is 52.7 Å². The Labute approximate surface area is 220 Å². The summed E-state index contributed by atoms with van der Waals surface area (Å²) in [5, 5.41) is 6.86. The lowest BCUT2D eigenvalue weighted by Gasteiger charge is -2.32. The summed E-state index contributed by atoms with van der Waals surface area (Å²) in [5.74, 6) is 1.29. The van der Waals surface area contributed by atoms with E-state index < -0.39 is 5.82 Å². The van der Waals surface area contributed by atoms with E-state index in [4.69, 9.17) is 21.1 Å². The summed E-state index contributed by atoms with van der Waals surface area (Å²) in [5.41, 5.74) is 1.30. The summed E-state index contributed by atoms with van der Waals surface area (Å²) in [6, 6.07) is 8.04. The van der Waals surface area contributed by atoms with Crippen molar-refractivity contribution in [2.45, 2.75) is 25.4 Å². The zero-order valence-corrected chi connectivity index (χ0v) is 22.0. The minimum absolute atomic E-state index is 0.0266. The molecule has 1 aliphatic heterocycles. The molecule has 0 unspecified atom stereocenters. The Hall–Kier alpha value is -3.37. The number of benzene rings is 2. The highest BCUT2D eigenvalue weighted by Crippen LogP contribution is 2.36. The van der Waals surface area contributed by atoms with Gasteiger partial charge in [-0.25, -0.2) is 19.2 Å². The molecule has 0 atom stereocenters. The van der Waals surface area contributed by atoms with Gasteiger partial charge in [0, 0.05) is 50.9 Å². The van der Waals surface area contributed by atoms with E-state index in [9.17, 15) is 9.18 Å². The van der Waals surface area contributed by atoms with Crippen LogP contribution in [-0.2, 0) is 0 Å². The number of carbonyl (C=O) groups is 1. The van der Waals surface area contributed by atoms with Gasteiger partial charge < -0.3 is 29.9 Å². The lowest BCUT2D eigenvalue weighted by atomic mass is 10.1. The van der Waals surface area contributed by atoms with Crippen molar-refractivity contribution >= 4 is 40.0 Å². The number of amides is 2. The van der Waals surface area contributed by atoms with Gasteiger partial charge >= 0.3 is 6.03 Å². The Morgan fingerprint density at radius 1 is 1.19 bits per heavy atom. The standard InChI is InChI=1S/C26H32ClFN6O3/c1-33(2)26(35)29-9-4-10-34-11-7-18(8-12-34)37-24-14-19-22(15-23(24)36-3)30-16-31-25(19)32-17-5-6-21(28)20(27)13-17/h5-6,13-16,18H,4,7-12H2,1-3H3,(H,29,35)(H,30,31,32). The molecular formula is C26H32ClFN6O3. The topological polar surface area (TPSA) is 91.9 Å². The summed E-state index contributed by atoms with van der Waals surface area (Å²) < 4.78 is 25.6. The summed E-state index contributed by atoms with van der Waals surface area (Å²) >= 11 is 5.93. The van der Waals surface area contributed by atoms with Gasteiger partial charge in [-0.05, 0) is 50.1 Å². The first-order valence-electron chi connectivity index (χ1n) is 12.2. The molecule has 2 N–H and O–H groups in total. The molecule has 0 bridgehead atoms. The van der Waals surface area contributed by atoms with Crippen LogP contribution in [0.1, 0.15) is 19.3 Å². The highest BCUT2D eigenvalue weighted by molar-refractivity contribution is 6.31. The molecule has 1 saturated heterocycles. The van der Waals surface area contributed by atoms with Crippen LogP contribution >= 0.6 is 11.6 Å².